The molecule has 1 aliphatic carbocycles. The highest BCUT2D eigenvalue weighted by Gasteiger charge is 2.34. The van der Waals surface area contributed by atoms with Gasteiger partial charge in [0.15, 0.2) is 5.65 Å². The minimum absolute atomic E-state index is 0.00641. The van der Waals surface area contributed by atoms with E-state index in [1.54, 1.807) is 24.4 Å². The van der Waals surface area contributed by atoms with E-state index in [0.29, 0.717) is 11.0 Å². The lowest BCUT2D eigenvalue weighted by Crippen LogP contribution is -2.31. The molecule has 0 bridgehead atoms. The van der Waals surface area contributed by atoms with Gasteiger partial charge in [0.1, 0.15) is 18.7 Å². The largest absolute Gasteiger partial charge is 0.437 e. The number of pyridine rings is 1. The smallest absolute Gasteiger partial charge is 0.390 e. The van der Waals surface area contributed by atoms with Gasteiger partial charge in [-0.3, -0.25) is 9.36 Å². The first-order chi connectivity index (χ1) is 14.5. The maximum Gasteiger partial charge on any atom is 0.437 e. The van der Waals surface area contributed by atoms with Gasteiger partial charge in [-0.15, -0.1) is 5.10 Å². The summed E-state index contributed by atoms with van der Waals surface area (Å²) in [7, 11) is 0. The van der Waals surface area contributed by atoms with E-state index in [1.165, 1.54) is 27.7 Å². The van der Waals surface area contributed by atoms with Crippen LogP contribution in [0.25, 0.3) is 11.0 Å². The van der Waals surface area contributed by atoms with Gasteiger partial charge in [0.2, 0.25) is 5.89 Å². The van der Waals surface area contributed by atoms with Gasteiger partial charge >= 0.3 is 5.76 Å². The maximum atomic E-state index is 13.1. The van der Waals surface area contributed by atoms with E-state index in [0.717, 1.165) is 24.0 Å². The number of hydrogen-bond donors (Lipinski definition) is 0. The molecule has 8 nitrogen and oxygen atoms in total. The monoisotopic (exact) mass is 407 g/mol. The van der Waals surface area contributed by atoms with Crippen LogP contribution in [0.15, 0.2) is 56.9 Å². The van der Waals surface area contributed by atoms with E-state index < -0.39 is 5.76 Å². The Balaban J connectivity index is 1.36. The predicted octanol–water partition coefficient (Wildman–Crippen LogP) is 2.56. The molecule has 1 aromatic carbocycles. The highest BCUT2D eigenvalue weighted by atomic mass is 19.1. The van der Waals surface area contributed by atoms with Gasteiger partial charge in [0.25, 0.3) is 5.56 Å². The SMILES string of the molecule is Cc1ccnc2ncn(Cc3nn([C@H]4C[C@H](c5ccc(F)cc5)C4)c(=O)o3)c(=O)c12. The van der Waals surface area contributed by atoms with Crippen molar-refractivity contribution < 1.29 is 8.81 Å². The van der Waals surface area contributed by atoms with Crippen LogP contribution in [0.2, 0.25) is 0 Å². The second-order valence-electron chi connectivity index (χ2n) is 7.58. The van der Waals surface area contributed by atoms with Gasteiger partial charge in [0.05, 0.1) is 11.4 Å². The maximum absolute atomic E-state index is 13.1. The van der Waals surface area contributed by atoms with Crippen LogP contribution in [0.1, 0.15) is 41.8 Å². The average molecular weight is 407 g/mol. The van der Waals surface area contributed by atoms with E-state index >= 15 is 0 Å². The van der Waals surface area contributed by atoms with Gasteiger partial charge in [0, 0.05) is 6.20 Å². The fourth-order valence-electron chi connectivity index (χ4n) is 3.90. The first-order valence-corrected chi connectivity index (χ1v) is 9.64. The van der Waals surface area contributed by atoms with Gasteiger partial charge in [-0.25, -0.2) is 19.2 Å². The van der Waals surface area contributed by atoms with Crippen molar-refractivity contribution in [2.45, 2.75) is 38.3 Å². The van der Waals surface area contributed by atoms with Crippen LogP contribution in [0, 0.1) is 12.7 Å². The van der Waals surface area contributed by atoms with Crippen LogP contribution in [0.4, 0.5) is 4.39 Å². The zero-order valence-corrected chi connectivity index (χ0v) is 16.2. The molecule has 3 aromatic heterocycles. The lowest BCUT2D eigenvalue weighted by molar-refractivity contribution is 0.233. The third-order valence-electron chi connectivity index (χ3n) is 5.65. The first-order valence-electron chi connectivity index (χ1n) is 9.64. The predicted molar refractivity (Wildman–Crippen MR) is 106 cm³/mol. The second-order valence-corrected chi connectivity index (χ2v) is 7.58. The Hall–Kier alpha value is -3.62. The minimum Gasteiger partial charge on any atom is -0.390 e. The number of rotatable bonds is 4. The number of benzene rings is 1. The molecule has 0 unspecified atom stereocenters. The van der Waals surface area contributed by atoms with Crippen molar-refractivity contribution >= 4 is 11.0 Å². The fourth-order valence-corrected chi connectivity index (χ4v) is 3.90. The molecular weight excluding hydrogens is 389 g/mol. The van der Waals surface area contributed by atoms with Crippen molar-refractivity contribution in [3.8, 4) is 0 Å². The van der Waals surface area contributed by atoms with E-state index in [9.17, 15) is 14.0 Å². The number of halogens is 1. The van der Waals surface area contributed by atoms with Crippen LogP contribution in [0.5, 0.6) is 0 Å². The van der Waals surface area contributed by atoms with Crippen molar-refractivity contribution in [3.63, 3.8) is 0 Å². The van der Waals surface area contributed by atoms with Gasteiger partial charge in [-0.2, -0.15) is 4.68 Å². The molecular formula is C21H18FN5O3. The molecule has 30 heavy (non-hydrogen) atoms. The Morgan fingerprint density at radius 1 is 1.13 bits per heavy atom. The van der Waals surface area contributed by atoms with Gasteiger partial charge in [-0.1, -0.05) is 12.1 Å². The summed E-state index contributed by atoms with van der Waals surface area (Å²) in [6.45, 7) is 1.83. The second kappa shape index (κ2) is 7.01. The van der Waals surface area contributed by atoms with Crippen LogP contribution in [0.3, 0.4) is 0 Å². The highest BCUT2D eigenvalue weighted by molar-refractivity contribution is 5.76. The number of hydrogen-bond acceptors (Lipinski definition) is 6. The summed E-state index contributed by atoms with van der Waals surface area (Å²) in [6.07, 6.45) is 4.43. The molecule has 0 radical (unpaired) electrons. The molecule has 1 fully saturated rings. The van der Waals surface area contributed by atoms with Crippen molar-refractivity contribution in [1.29, 1.82) is 0 Å². The zero-order chi connectivity index (χ0) is 20.8. The third-order valence-corrected chi connectivity index (χ3v) is 5.65. The molecule has 0 atom stereocenters. The van der Waals surface area contributed by atoms with Crippen LogP contribution in [-0.2, 0) is 6.54 Å². The summed E-state index contributed by atoms with van der Waals surface area (Å²) in [5.74, 6) is -0.413. The Labute approximate surface area is 169 Å². The van der Waals surface area contributed by atoms with E-state index in [2.05, 4.69) is 15.1 Å². The summed E-state index contributed by atoms with van der Waals surface area (Å²) in [4.78, 5) is 33.4. The highest BCUT2D eigenvalue weighted by Crippen LogP contribution is 2.43. The normalized spacial score (nSPS) is 18.5. The molecule has 0 N–H and O–H groups in total. The molecule has 0 amide bonds. The molecule has 152 valence electrons. The van der Waals surface area contributed by atoms with Crippen molar-refractivity contribution in [1.82, 2.24) is 24.3 Å². The standard InChI is InChI=1S/C21H18FN5O3/c1-12-6-7-23-19-18(12)20(28)26(11-24-19)10-17-25-27(21(29)30-17)16-8-14(9-16)13-2-4-15(22)5-3-13/h2-7,11,14,16H,8-10H2,1H3/t14-,16-. The lowest BCUT2D eigenvalue weighted by Gasteiger charge is -2.34. The average Bonchev–Trinajstić information content (AvgIpc) is 3.04. The molecule has 0 aliphatic heterocycles. The zero-order valence-electron chi connectivity index (χ0n) is 16.2. The number of aromatic nitrogens is 5. The quantitative estimate of drug-likeness (QED) is 0.516. The topological polar surface area (TPSA) is 95.8 Å². The Morgan fingerprint density at radius 2 is 1.90 bits per heavy atom. The summed E-state index contributed by atoms with van der Waals surface area (Å²) in [6, 6.07) is 8.08. The Bertz CT molecular complexity index is 1350. The molecule has 3 heterocycles. The molecule has 0 spiro atoms. The molecule has 0 saturated heterocycles. The number of fused-ring (bicyclic) bond motifs is 1. The van der Waals surface area contributed by atoms with Gasteiger partial charge < -0.3 is 4.42 Å². The van der Waals surface area contributed by atoms with Crippen LogP contribution < -0.4 is 11.3 Å². The molecule has 9 heteroatoms. The van der Waals surface area contributed by atoms with Crippen molar-refractivity contribution in [3.05, 3.63) is 86.6 Å². The van der Waals surface area contributed by atoms with E-state index in [1.807, 2.05) is 6.92 Å². The fraction of sp³-hybridized carbons (Fsp3) is 0.286. The van der Waals surface area contributed by atoms with E-state index in [-0.39, 0.29) is 35.8 Å². The summed E-state index contributed by atoms with van der Waals surface area (Å²) < 4.78 is 21.0. The van der Waals surface area contributed by atoms with Crippen molar-refractivity contribution in [2.24, 2.45) is 0 Å². The lowest BCUT2D eigenvalue weighted by atomic mass is 9.76. The van der Waals surface area contributed by atoms with Crippen LogP contribution >= 0.6 is 0 Å². The minimum atomic E-state index is -0.549. The molecule has 5 rings (SSSR count). The summed E-state index contributed by atoms with van der Waals surface area (Å²) in [5, 5.41) is 4.72. The number of aryl methyl sites for hydroxylation is 1. The molecule has 4 aromatic rings. The third kappa shape index (κ3) is 3.12. The summed E-state index contributed by atoms with van der Waals surface area (Å²) in [5.41, 5.74) is 1.94. The Kier molecular flexibility index (Phi) is 4.30. The van der Waals surface area contributed by atoms with E-state index in [4.69, 9.17) is 4.42 Å². The first kappa shape index (κ1) is 18.4. The van der Waals surface area contributed by atoms with Crippen LogP contribution in [-0.4, -0.2) is 24.3 Å². The van der Waals surface area contributed by atoms with Crippen molar-refractivity contribution in [2.75, 3.05) is 0 Å². The molecule has 1 aliphatic rings. The summed E-state index contributed by atoms with van der Waals surface area (Å²) >= 11 is 0. The number of nitrogens with zero attached hydrogens (tertiary/aromatic N) is 5. The molecule has 1 saturated carbocycles. The van der Waals surface area contributed by atoms with Gasteiger partial charge in [-0.05, 0) is 55.0 Å². The Morgan fingerprint density at radius 3 is 2.67 bits per heavy atom.